The van der Waals surface area contributed by atoms with E-state index < -0.39 is 0 Å². The zero-order valence-corrected chi connectivity index (χ0v) is 10.2. The van der Waals surface area contributed by atoms with Gasteiger partial charge in [-0.05, 0) is 30.9 Å². The third-order valence-electron chi connectivity index (χ3n) is 3.24. The second-order valence-corrected chi connectivity index (χ2v) is 4.51. The molecule has 0 unspecified atom stereocenters. The van der Waals surface area contributed by atoms with Crippen LogP contribution in [0.5, 0.6) is 0 Å². The van der Waals surface area contributed by atoms with Gasteiger partial charge in [-0.25, -0.2) is 0 Å². The van der Waals surface area contributed by atoms with Crippen LogP contribution >= 0.6 is 0 Å². The molecule has 92 valence electrons. The van der Waals surface area contributed by atoms with Crippen molar-refractivity contribution in [1.82, 2.24) is 0 Å². The van der Waals surface area contributed by atoms with Crippen molar-refractivity contribution in [3.8, 4) is 0 Å². The van der Waals surface area contributed by atoms with Crippen LogP contribution in [0.4, 0.5) is 11.4 Å². The van der Waals surface area contributed by atoms with Gasteiger partial charge in [0.05, 0.1) is 4.92 Å². The van der Waals surface area contributed by atoms with Crippen LogP contribution in [0.1, 0.15) is 31.7 Å². The first kappa shape index (κ1) is 11.9. The largest absolute Gasteiger partial charge is 0.371 e. The Morgan fingerprint density at radius 2 is 2.06 bits per heavy atom. The smallest absolute Gasteiger partial charge is 0.269 e. The first-order chi connectivity index (χ1) is 8.22. The highest BCUT2D eigenvalue weighted by Gasteiger charge is 2.17. The minimum Gasteiger partial charge on any atom is -0.371 e. The quantitative estimate of drug-likeness (QED) is 0.594. The Labute approximate surface area is 101 Å². The van der Waals surface area contributed by atoms with E-state index in [0.29, 0.717) is 0 Å². The Morgan fingerprint density at radius 1 is 1.35 bits per heavy atom. The molecule has 0 radical (unpaired) electrons. The van der Waals surface area contributed by atoms with Crippen LogP contribution in [0.3, 0.4) is 0 Å². The third-order valence-corrected chi connectivity index (χ3v) is 3.24. The summed E-state index contributed by atoms with van der Waals surface area (Å²) in [6.45, 7) is 4.26. The number of hydrogen-bond donors (Lipinski definition) is 0. The highest BCUT2D eigenvalue weighted by Crippen LogP contribution is 2.29. The van der Waals surface area contributed by atoms with Gasteiger partial charge in [0.25, 0.3) is 5.69 Å². The van der Waals surface area contributed by atoms with Gasteiger partial charge < -0.3 is 4.90 Å². The Morgan fingerprint density at radius 3 is 2.65 bits per heavy atom. The molecule has 0 N–H and O–H groups in total. The minimum atomic E-state index is -0.313. The molecule has 0 saturated carbocycles. The van der Waals surface area contributed by atoms with Crippen LogP contribution in [-0.2, 0) is 6.42 Å². The topological polar surface area (TPSA) is 46.4 Å². The molecule has 4 nitrogen and oxygen atoms in total. The molecule has 4 heteroatoms. The van der Waals surface area contributed by atoms with E-state index in [2.05, 4.69) is 11.8 Å². The van der Waals surface area contributed by atoms with Crippen molar-refractivity contribution in [2.24, 2.45) is 0 Å². The lowest BCUT2D eigenvalue weighted by Crippen LogP contribution is -2.19. The first-order valence-corrected chi connectivity index (χ1v) is 6.24. The van der Waals surface area contributed by atoms with Crippen LogP contribution in [0.15, 0.2) is 18.2 Å². The maximum absolute atomic E-state index is 10.8. The average molecular weight is 234 g/mol. The molecular weight excluding hydrogens is 216 g/mol. The van der Waals surface area contributed by atoms with Gasteiger partial charge in [-0.1, -0.05) is 13.3 Å². The number of hydrogen-bond acceptors (Lipinski definition) is 3. The average Bonchev–Trinajstić information content (AvgIpc) is 2.82. The van der Waals surface area contributed by atoms with E-state index in [9.17, 15) is 10.1 Å². The molecule has 1 fully saturated rings. The summed E-state index contributed by atoms with van der Waals surface area (Å²) in [7, 11) is 0. The number of aryl methyl sites for hydroxylation is 1. The van der Waals surface area contributed by atoms with Gasteiger partial charge in [-0.2, -0.15) is 0 Å². The molecule has 2 rings (SSSR count). The molecule has 17 heavy (non-hydrogen) atoms. The van der Waals surface area contributed by atoms with Crippen LogP contribution in [-0.4, -0.2) is 18.0 Å². The SMILES string of the molecule is CCCc1cc([N+](=O)[O-])ccc1N1CCCC1. The molecule has 0 amide bonds. The van der Waals surface area contributed by atoms with E-state index in [1.807, 2.05) is 6.07 Å². The van der Waals surface area contributed by atoms with E-state index in [1.54, 1.807) is 12.1 Å². The summed E-state index contributed by atoms with van der Waals surface area (Å²) < 4.78 is 0. The van der Waals surface area contributed by atoms with Crippen LogP contribution < -0.4 is 4.90 Å². The van der Waals surface area contributed by atoms with Crippen molar-refractivity contribution in [1.29, 1.82) is 0 Å². The zero-order valence-electron chi connectivity index (χ0n) is 10.2. The molecular formula is C13H18N2O2. The van der Waals surface area contributed by atoms with Crippen molar-refractivity contribution in [2.75, 3.05) is 18.0 Å². The summed E-state index contributed by atoms with van der Waals surface area (Å²) in [5.41, 5.74) is 2.51. The Hall–Kier alpha value is -1.58. The maximum Gasteiger partial charge on any atom is 0.269 e. The molecule has 1 aromatic rings. The normalized spacial score (nSPS) is 15.2. The molecule has 1 heterocycles. The highest BCUT2D eigenvalue weighted by molar-refractivity contribution is 5.58. The van der Waals surface area contributed by atoms with E-state index in [1.165, 1.54) is 18.5 Å². The monoisotopic (exact) mass is 234 g/mol. The number of nitrogens with zero attached hydrogens (tertiary/aromatic N) is 2. The van der Waals surface area contributed by atoms with Gasteiger partial charge in [0.15, 0.2) is 0 Å². The molecule has 0 aromatic heterocycles. The number of benzene rings is 1. The van der Waals surface area contributed by atoms with Crippen LogP contribution in [0.25, 0.3) is 0 Å². The molecule has 0 aliphatic carbocycles. The van der Waals surface area contributed by atoms with Crippen molar-refractivity contribution in [3.05, 3.63) is 33.9 Å². The Bertz CT molecular complexity index is 412. The minimum absolute atomic E-state index is 0.205. The van der Waals surface area contributed by atoms with Gasteiger partial charge in [0.2, 0.25) is 0 Å². The van der Waals surface area contributed by atoms with E-state index in [0.717, 1.165) is 31.5 Å². The lowest BCUT2D eigenvalue weighted by molar-refractivity contribution is -0.384. The van der Waals surface area contributed by atoms with Gasteiger partial charge >= 0.3 is 0 Å². The molecule has 1 aromatic carbocycles. The summed E-state index contributed by atoms with van der Waals surface area (Å²) in [5, 5.41) is 10.8. The Balaban J connectivity index is 2.33. The van der Waals surface area contributed by atoms with E-state index in [-0.39, 0.29) is 10.6 Å². The predicted octanol–water partition coefficient (Wildman–Crippen LogP) is 3.15. The molecule has 1 aliphatic heterocycles. The fraction of sp³-hybridized carbons (Fsp3) is 0.538. The summed E-state index contributed by atoms with van der Waals surface area (Å²) in [6.07, 6.45) is 4.38. The lowest BCUT2D eigenvalue weighted by Gasteiger charge is -2.21. The number of non-ortho nitro benzene ring substituents is 1. The van der Waals surface area contributed by atoms with Crippen molar-refractivity contribution < 1.29 is 4.92 Å². The summed E-state index contributed by atoms with van der Waals surface area (Å²) in [5.74, 6) is 0. The van der Waals surface area contributed by atoms with Gasteiger partial charge in [-0.3, -0.25) is 10.1 Å². The van der Waals surface area contributed by atoms with Crippen LogP contribution in [0, 0.1) is 10.1 Å². The molecule has 0 atom stereocenters. The zero-order chi connectivity index (χ0) is 12.3. The lowest BCUT2D eigenvalue weighted by atomic mass is 10.1. The third kappa shape index (κ3) is 2.57. The van der Waals surface area contributed by atoms with Gasteiger partial charge in [0.1, 0.15) is 0 Å². The standard InChI is InChI=1S/C13H18N2O2/c1-2-5-11-10-12(15(16)17)6-7-13(11)14-8-3-4-9-14/h6-7,10H,2-5,8-9H2,1H3. The van der Waals surface area contributed by atoms with E-state index >= 15 is 0 Å². The number of anilines is 1. The molecule has 1 saturated heterocycles. The number of nitro groups is 1. The fourth-order valence-electron chi connectivity index (χ4n) is 2.42. The molecule has 1 aliphatic rings. The summed E-state index contributed by atoms with van der Waals surface area (Å²) in [4.78, 5) is 12.8. The van der Waals surface area contributed by atoms with Crippen molar-refractivity contribution in [2.45, 2.75) is 32.6 Å². The van der Waals surface area contributed by atoms with Crippen molar-refractivity contribution in [3.63, 3.8) is 0 Å². The predicted molar refractivity (Wildman–Crippen MR) is 68.5 cm³/mol. The van der Waals surface area contributed by atoms with Crippen molar-refractivity contribution >= 4 is 11.4 Å². The molecule has 0 bridgehead atoms. The van der Waals surface area contributed by atoms with Gasteiger partial charge in [-0.15, -0.1) is 0 Å². The second kappa shape index (κ2) is 5.17. The maximum atomic E-state index is 10.8. The summed E-state index contributed by atoms with van der Waals surface area (Å²) in [6, 6.07) is 5.26. The second-order valence-electron chi connectivity index (χ2n) is 4.51. The fourth-order valence-corrected chi connectivity index (χ4v) is 2.42. The highest BCUT2D eigenvalue weighted by atomic mass is 16.6. The number of rotatable bonds is 4. The Kier molecular flexibility index (Phi) is 3.61. The molecule has 0 spiro atoms. The number of nitro benzene ring substituents is 1. The summed E-state index contributed by atoms with van der Waals surface area (Å²) >= 11 is 0. The van der Waals surface area contributed by atoms with Crippen LogP contribution in [0.2, 0.25) is 0 Å². The van der Waals surface area contributed by atoms with E-state index in [4.69, 9.17) is 0 Å². The first-order valence-electron chi connectivity index (χ1n) is 6.24. The van der Waals surface area contributed by atoms with Gasteiger partial charge in [0, 0.05) is 30.9 Å².